The number of hydrogen-bond acceptors (Lipinski definition) is 2. The zero-order valence-corrected chi connectivity index (χ0v) is 13.9. The SMILES string of the molecule is Cc1cc(CI)ccc1-n1c(=O)cc(C(F)(F)F)n(C)c1=O. The Morgan fingerprint density at radius 1 is 1.18 bits per heavy atom. The summed E-state index contributed by atoms with van der Waals surface area (Å²) in [5.41, 5.74) is -1.36. The molecule has 1 heterocycles. The molecule has 2 aromatic rings. The van der Waals surface area contributed by atoms with Crippen LogP contribution in [0.5, 0.6) is 0 Å². The molecule has 0 radical (unpaired) electrons. The number of nitrogens with zero attached hydrogens (tertiary/aromatic N) is 2. The Kier molecular flexibility index (Phi) is 4.50. The summed E-state index contributed by atoms with van der Waals surface area (Å²) in [4.78, 5) is 24.2. The third-order valence-electron chi connectivity index (χ3n) is 3.27. The fourth-order valence-corrected chi connectivity index (χ4v) is 2.65. The molecule has 0 spiro atoms. The lowest BCUT2D eigenvalue weighted by Gasteiger charge is -2.15. The normalized spacial score (nSPS) is 11.7. The topological polar surface area (TPSA) is 44.0 Å². The van der Waals surface area contributed by atoms with Gasteiger partial charge in [0.2, 0.25) is 0 Å². The number of benzene rings is 1. The van der Waals surface area contributed by atoms with Crippen LogP contribution in [0, 0.1) is 6.92 Å². The van der Waals surface area contributed by atoms with Crippen molar-refractivity contribution in [2.75, 3.05) is 0 Å². The molecule has 0 N–H and O–H groups in total. The number of rotatable bonds is 2. The van der Waals surface area contributed by atoms with Crippen molar-refractivity contribution in [3.05, 3.63) is 61.9 Å². The van der Waals surface area contributed by atoms with Crippen molar-refractivity contribution in [1.29, 1.82) is 0 Å². The van der Waals surface area contributed by atoms with E-state index in [1.807, 2.05) is 0 Å². The Morgan fingerprint density at radius 2 is 1.82 bits per heavy atom. The van der Waals surface area contributed by atoms with Gasteiger partial charge in [-0.15, -0.1) is 0 Å². The monoisotopic (exact) mass is 424 g/mol. The van der Waals surface area contributed by atoms with Crippen molar-refractivity contribution in [1.82, 2.24) is 9.13 Å². The highest BCUT2D eigenvalue weighted by molar-refractivity contribution is 14.1. The smallest absolute Gasteiger partial charge is 0.292 e. The molecule has 22 heavy (non-hydrogen) atoms. The second kappa shape index (κ2) is 5.90. The van der Waals surface area contributed by atoms with Crippen LogP contribution in [0.1, 0.15) is 16.8 Å². The molecule has 0 saturated heterocycles. The minimum Gasteiger partial charge on any atom is -0.292 e. The van der Waals surface area contributed by atoms with Crippen LogP contribution in [0.4, 0.5) is 13.2 Å². The molecular weight excluding hydrogens is 412 g/mol. The average molecular weight is 424 g/mol. The summed E-state index contributed by atoms with van der Waals surface area (Å²) in [5, 5.41) is 0. The van der Waals surface area contributed by atoms with E-state index in [-0.39, 0.29) is 5.69 Å². The Morgan fingerprint density at radius 3 is 2.32 bits per heavy atom. The molecule has 0 aliphatic carbocycles. The Bertz CT molecular complexity index is 837. The standard InChI is InChI=1S/C14H12F3IN2O2/c1-8-5-9(7-18)3-4-10(8)20-12(21)6-11(14(15,16)17)19(2)13(20)22/h3-6H,7H2,1-2H3. The van der Waals surface area contributed by atoms with Crippen LogP contribution in [0.3, 0.4) is 0 Å². The van der Waals surface area contributed by atoms with E-state index >= 15 is 0 Å². The molecule has 4 nitrogen and oxygen atoms in total. The van der Waals surface area contributed by atoms with Crippen LogP contribution in [0.15, 0.2) is 33.9 Å². The Hall–Kier alpha value is -1.58. The quantitative estimate of drug-likeness (QED) is 0.550. The maximum Gasteiger partial charge on any atom is 0.431 e. The van der Waals surface area contributed by atoms with Gasteiger partial charge < -0.3 is 0 Å². The van der Waals surface area contributed by atoms with Crippen LogP contribution in [0.2, 0.25) is 0 Å². The highest BCUT2D eigenvalue weighted by atomic mass is 127. The van der Waals surface area contributed by atoms with Gasteiger partial charge in [-0.05, 0) is 24.1 Å². The maximum atomic E-state index is 12.8. The second-order valence-electron chi connectivity index (χ2n) is 4.80. The molecule has 8 heteroatoms. The Labute approximate surface area is 137 Å². The summed E-state index contributed by atoms with van der Waals surface area (Å²) in [6.07, 6.45) is -4.76. The third kappa shape index (κ3) is 2.96. The molecule has 1 aromatic heterocycles. The summed E-state index contributed by atoms with van der Waals surface area (Å²) in [6.45, 7) is 1.70. The zero-order valence-electron chi connectivity index (χ0n) is 11.7. The van der Waals surface area contributed by atoms with Crippen LogP contribution >= 0.6 is 22.6 Å². The van der Waals surface area contributed by atoms with Gasteiger partial charge in [-0.25, -0.2) is 9.36 Å². The number of aryl methyl sites for hydroxylation is 1. The summed E-state index contributed by atoms with van der Waals surface area (Å²) in [7, 11) is 0.996. The molecule has 0 aliphatic rings. The van der Waals surface area contributed by atoms with Gasteiger partial charge >= 0.3 is 11.9 Å². The first-order valence-electron chi connectivity index (χ1n) is 6.23. The van der Waals surface area contributed by atoms with Crippen LogP contribution in [0.25, 0.3) is 5.69 Å². The molecule has 0 unspecified atom stereocenters. The predicted octanol–water partition coefficient (Wildman–Crippen LogP) is 2.80. The molecule has 0 atom stereocenters. The Balaban J connectivity index is 2.76. The van der Waals surface area contributed by atoms with Crippen LogP contribution in [-0.2, 0) is 17.7 Å². The number of halogens is 4. The van der Waals surface area contributed by atoms with Gasteiger partial charge in [-0.2, -0.15) is 13.2 Å². The van der Waals surface area contributed by atoms with Gasteiger partial charge in [-0.1, -0.05) is 34.7 Å². The highest BCUT2D eigenvalue weighted by Crippen LogP contribution is 2.27. The molecule has 0 fully saturated rings. The van der Waals surface area contributed by atoms with Crippen molar-refractivity contribution in [3.63, 3.8) is 0 Å². The lowest BCUT2D eigenvalue weighted by molar-refractivity contribution is -0.144. The van der Waals surface area contributed by atoms with Gasteiger partial charge in [0.15, 0.2) is 0 Å². The molecule has 118 valence electrons. The fraction of sp³-hybridized carbons (Fsp3) is 0.286. The fourth-order valence-electron chi connectivity index (χ4n) is 2.17. The molecule has 0 aliphatic heterocycles. The molecule has 0 bridgehead atoms. The molecule has 2 rings (SSSR count). The van der Waals surface area contributed by atoms with E-state index in [1.165, 1.54) is 0 Å². The lowest BCUT2D eigenvalue weighted by atomic mass is 10.1. The zero-order chi connectivity index (χ0) is 16.7. The van der Waals surface area contributed by atoms with E-state index in [4.69, 9.17) is 0 Å². The summed E-state index contributed by atoms with van der Waals surface area (Å²) < 4.78 is 40.4. The summed E-state index contributed by atoms with van der Waals surface area (Å²) in [5.74, 6) is 0. The predicted molar refractivity (Wildman–Crippen MR) is 84.7 cm³/mol. The van der Waals surface area contributed by atoms with E-state index in [0.717, 1.165) is 21.6 Å². The molecular formula is C14H12F3IN2O2. The lowest BCUT2D eigenvalue weighted by Crippen LogP contribution is -2.41. The van der Waals surface area contributed by atoms with E-state index in [9.17, 15) is 22.8 Å². The minimum absolute atomic E-state index is 0.285. The largest absolute Gasteiger partial charge is 0.431 e. The minimum atomic E-state index is -4.76. The number of aromatic nitrogens is 2. The molecule has 0 amide bonds. The molecule has 0 saturated carbocycles. The summed E-state index contributed by atoms with van der Waals surface area (Å²) >= 11 is 2.17. The van der Waals surface area contributed by atoms with Gasteiger partial charge in [0.25, 0.3) is 5.56 Å². The van der Waals surface area contributed by atoms with Crippen LogP contribution in [-0.4, -0.2) is 9.13 Å². The van der Waals surface area contributed by atoms with Crippen molar-refractivity contribution in [2.45, 2.75) is 17.5 Å². The van der Waals surface area contributed by atoms with E-state index < -0.39 is 23.1 Å². The van der Waals surface area contributed by atoms with Crippen molar-refractivity contribution < 1.29 is 13.2 Å². The van der Waals surface area contributed by atoms with Gasteiger partial charge in [0.05, 0.1) is 5.69 Å². The number of alkyl halides is 4. The first kappa shape index (κ1) is 16.8. The van der Waals surface area contributed by atoms with E-state index in [0.29, 0.717) is 16.2 Å². The molecule has 1 aromatic carbocycles. The van der Waals surface area contributed by atoms with Gasteiger partial charge in [0, 0.05) is 17.5 Å². The second-order valence-corrected chi connectivity index (χ2v) is 5.56. The van der Waals surface area contributed by atoms with E-state index in [2.05, 4.69) is 22.6 Å². The van der Waals surface area contributed by atoms with Crippen molar-refractivity contribution in [2.24, 2.45) is 7.05 Å². The van der Waals surface area contributed by atoms with Crippen LogP contribution < -0.4 is 11.2 Å². The van der Waals surface area contributed by atoms with Crippen molar-refractivity contribution in [3.8, 4) is 5.69 Å². The van der Waals surface area contributed by atoms with Crippen molar-refractivity contribution >= 4 is 22.6 Å². The summed E-state index contributed by atoms with van der Waals surface area (Å²) in [6, 6.07) is 5.54. The maximum absolute atomic E-state index is 12.8. The first-order chi connectivity index (χ1) is 10.2. The first-order valence-corrected chi connectivity index (χ1v) is 7.75. The third-order valence-corrected chi connectivity index (χ3v) is 4.15. The number of hydrogen-bond donors (Lipinski definition) is 0. The van der Waals surface area contributed by atoms with E-state index in [1.54, 1.807) is 25.1 Å². The average Bonchev–Trinajstić information content (AvgIpc) is 2.43. The van der Waals surface area contributed by atoms with Gasteiger partial charge in [-0.3, -0.25) is 9.36 Å². The van der Waals surface area contributed by atoms with Gasteiger partial charge in [0.1, 0.15) is 5.69 Å². The highest BCUT2D eigenvalue weighted by Gasteiger charge is 2.35.